The summed E-state index contributed by atoms with van der Waals surface area (Å²) in [6.45, 7) is 4.67. The van der Waals surface area contributed by atoms with Crippen molar-refractivity contribution in [3.05, 3.63) is 54.0 Å². The van der Waals surface area contributed by atoms with Crippen LogP contribution in [0.2, 0.25) is 0 Å². The van der Waals surface area contributed by atoms with Gasteiger partial charge in [-0.1, -0.05) is 12.1 Å². The molecule has 1 N–H and O–H groups in total. The molecule has 0 amide bonds. The summed E-state index contributed by atoms with van der Waals surface area (Å²) >= 11 is 0. The minimum Gasteiger partial charge on any atom is -0.382 e. The first-order valence-corrected chi connectivity index (χ1v) is 10.1. The molecular formula is C19H21N5O2S. The average molecular weight is 383 g/mol. The lowest BCUT2D eigenvalue weighted by molar-refractivity contribution is 0.589. The van der Waals surface area contributed by atoms with E-state index in [4.69, 9.17) is 0 Å². The molecule has 140 valence electrons. The summed E-state index contributed by atoms with van der Waals surface area (Å²) in [7, 11) is -1.88. The normalized spacial score (nSPS) is 14.0. The van der Waals surface area contributed by atoms with Gasteiger partial charge in [0.25, 0.3) is 10.0 Å². The van der Waals surface area contributed by atoms with Gasteiger partial charge in [0.1, 0.15) is 4.90 Å². The molecule has 0 spiro atoms. The minimum atomic E-state index is -3.71. The highest BCUT2D eigenvalue weighted by atomic mass is 32.2. The van der Waals surface area contributed by atoms with Gasteiger partial charge in [0.05, 0.1) is 29.8 Å². The highest BCUT2D eigenvalue weighted by molar-refractivity contribution is 7.93. The zero-order valence-corrected chi connectivity index (χ0v) is 16.3. The molecule has 0 unspecified atom stereocenters. The molecule has 8 heteroatoms. The number of pyridine rings is 1. The van der Waals surface area contributed by atoms with Gasteiger partial charge < -0.3 is 5.32 Å². The Labute approximate surface area is 158 Å². The van der Waals surface area contributed by atoms with Crippen molar-refractivity contribution in [2.24, 2.45) is 7.05 Å². The number of benzene rings is 1. The second kappa shape index (κ2) is 6.38. The number of para-hydroxylation sites is 1. The van der Waals surface area contributed by atoms with Crippen molar-refractivity contribution in [1.82, 2.24) is 14.8 Å². The molecule has 27 heavy (non-hydrogen) atoms. The van der Waals surface area contributed by atoms with Crippen molar-refractivity contribution in [3.8, 4) is 11.3 Å². The molecule has 0 fully saturated rings. The number of nitrogens with zero attached hydrogens (tertiary/aromatic N) is 4. The average Bonchev–Trinajstić information content (AvgIpc) is 3.07. The smallest absolute Gasteiger partial charge is 0.266 e. The van der Waals surface area contributed by atoms with Crippen LogP contribution in [0.3, 0.4) is 0 Å². The molecule has 3 heterocycles. The molecule has 0 saturated heterocycles. The van der Waals surface area contributed by atoms with Gasteiger partial charge in [-0.05, 0) is 37.1 Å². The number of fused-ring (bicyclic) bond motifs is 1. The van der Waals surface area contributed by atoms with Gasteiger partial charge in [-0.3, -0.25) is 14.0 Å². The van der Waals surface area contributed by atoms with Crippen LogP contribution in [0.4, 0.5) is 11.4 Å². The summed E-state index contributed by atoms with van der Waals surface area (Å²) in [4.78, 5) is 4.62. The van der Waals surface area contributed by atoms with Crippen LogP contribution in [0.15, 0.2) is 47.8 Å². The SMILES string of the molecule is Cc1cc(-c2cnn(C)c2)ncc1S(=O)(=O)N1CCNc2cccc(C)c21. The van der Waals surface area contributed by atoms with Crippen molar-refractivity contribution < 1.29 is 8.42 Å². The molecule has 1 aliphatic rings. The third kappa shape index (κ3) is 2.95. The summed E-state index contributed by atoms with van der Waals surface area (Å²) in [5.41, 5.74) is 4.68. The highest BCUT2D eigenvalue weighted by Crippen LogP contribution is 2.36. The predicted molar refractivity (Wildman–Crippen MR) is 105 cm³/mol. The van der Waals surface area contributed by atoms with Crippen molar-refractivity contribution in [1.29, 1.82) is 0 Å². The fraction of sp³-hybridized carbons (Fsp3) is 0.263. The third-order valence-electron chi connectivity index (χ3n) is 4.75. The highest BCUT2D eigenvalue weighted by Gasteiger charge is 2.31. The van der Waals surface area contributed by atoms with E-state index >= 15 is 0 Å². The molecule has 0 bridgehead atoms. The van der Waals surface area contributed by atoms with E-state index in [0.29, 0.717) is 30.0 Å². The quantitative estimate of drug-likeness (QED) is 0.752. The topological polar surface area (TPSA) is 80.1 Å². The number of rotatable bonds is 3. The Bertz CT molecular complexity index is 1120. The van der Waals surface area contributed by atoms with Gasteiger partial charge in [-0.15, -0.1) is 0 Å². The Kier molecular flexibility index (Phi) is 4.15. The number of aryl methyl sites for hydroxylation is 3. The molecule has 0 atom stereocenters. The van der Waals surface area contributed by atoms with Crippen LogP contribution >= 0.6 is 0 Å². The maximum absolute atomic E-state index is 13.4. The molecule has 0 saturated carbocycles. The van der Waals surface area contributed by atoms with Gasteiger partial charge in [0.2, 0.25) is 0 Å². The number of hydrogen-bond donors (Lipinski definition) is 1. The minimum absolute atomic E-state index is 0.228. The molecule has 1 aliphatic heterocycles. The molecule has 0 aliphatic carbocycles. The van der Waals surface area contributed by atoms with Crippen LogP contribution in [0.5, 0.6) is 0 Å². The summed E-state index contributed by atoms with van der Waals surface area (Å²) in [6, 6.07) is 7.54. The lowest BCUT2D eigenvalue weighted by Crippen LogP contribution is -2.39. The molecule has 0 radical (unpaired) electrons. The molecular weight excluding hydrogens is 362 g/mol. The number of sulfonamides is 1. The first kappa shape index (κ1) is 17.5. The van der Waals surface area contributed by atoms with Crippen LogP contribution in [0.25, 0.3) is 11.3 Å². The van der Waals surface area contributed by atoms with Gasteiger partial charge in [0, 0.05) is 31.5 Å². The van der Waals surface area contributed by atoms with E-state index in [1.807, 2.05) is 38.4 Å². The standard InChI is InChI=1S/C19H21N5O2S/c1-13-5-4-6-16-19(13)24(8-7-20-16)27(25,26)18-11-21-17(9-14(18)2)15-10-22-23(3)12-15/h4-6,9-12,20H,7-8H2,1-3H3. The third-order valence-corrected chi connectivity index (χ3v) is 6.68. The largest absolute Gasteiger partial charge is 0.382 e. The van der Waals surface area contributed by atoms with E-state index in [-0.39, 0.29) is 4.90 Å². The number of aromatic nitrogens is 3. The molecule has 3 aromatic rings. The van der Waals surface area contributed by atoms with E-state index in [1.165, 1.54) is 10.5 Å². The predicted octanol–water partition coefficient (Wildman–Crippen LogP) is 2.72. The summed E-state index contributed by atoms with van der Waals surface area (Å²) < 4.78 is 30.0. The van der Waals surface area contributed by atoms with Gasteiger partial charge in [-0.2, -0.15) is 5.10 Å². The van der Waals surface area contributed by atoms with E-state index in [0.717, 1.165) is 16.8 Å². The molecule has 2 aromatic heterocycles. The van der Waals surface area contributed by atoms with Crippen molar-refractivity contribution in [3.63, 3.8) is 0 Å². The van der Waals surface area contributed by atoms with Crippen molar-refractivity contribution >= 4 is 21.4 Å². The monoisotopic (exact) mass is 383 g/mol. The van der Waals surface area contributed by atoms with Gasteiger partial charge in [0.15, 0.2) is 0 Å². The summed E-state index contributed by atoms with van der Waals surface area (Å²) in [5, 5.41) is 7.42. The second-order valence-electron chi connectivity index (χ2n) is 6.71. The maximum Gasteiger partial charge on any atom is 0.266 e. The zero-order chi connectivity index (χ0) is 19.2. The maximum atomic E-state index is 13.4. The van der Waals surface area contributed by atoms with Crippen LogP contribution < -0.4 is 9.62 Å². The Morgan fingerprint density at radius 1 is 1.15 bits per heavy atom. The Balaban J connectivity index is 1.78. The van der Waals surface area contributed by atoms with Crippen LogP contribution in [0.1, 0.15) is 11.1 Å². The second-order valence-corrected chi connectivity index (χ2v) is 8.54. The number of anilines is 2. The molecule has 1 aromatic carbocycles. The van der Waals surface area contributed by atoms with E-state index in [9.17, 15) is 8.42 Å². The lowest BCUT2D eigenvalue weighted by Gasteiger charge is -2.32. The van der Waals surface area contributed by atoms with Crippen LogP contribution in [0, 0.1) is 13.8 Å². The number of hydrogen-bond acceptors (Lipinski definition) is 5. The Morgan fingerprint density at radius 3 is 2.67 bits per heavy atom. The van der Waals surface area contributed by atoms with Crippen LogP contribution in [-0.4, -0.2) is 36.3 Å². The lowest BCUT2D eigenvalue weighted by atomic mass is 10.1. The summed E-state index contributed by atoms with van der Waals surface area (Å²) in [6.07, 6.45) is 5.02. The van der Waals surface area contributed by atoms with E-state index < -0.39 is 10.0 Å². The first-order chi connectivity index (χ1) is 12.9. The fourth-order valence-corrected chi connectivity index (χ4v) is 5.12. The molecule has 4 rings (SSSR count). The Hall–Kier alpha value is -2.87. The zero-order valence-electron chi connectivity index (χ0n) is 15.5. The fourth-order valence-electron chi connectivity index (χ4n) is 3.42. The first-order valence-electron chi connectivity index (χ1n) is 8.70. The van der Waals surface area contributed by atoms with E-state index in [1.54, 1.807) is 23.9 Å². The Morgan fingerprint density at radius 2 is 1.96 bits per heavy atom. The van der Waals surface area contributed by atoms with Crippen LogP contribution in [-0.2, 0) is 17.1 Å². The van der Waals surface area contributed by atoms with Gasteiger partial charge >= 0.3 is 0 Å². The van der Waals surface area contributed by atoms with Crippen molar-refractivity contribution in [2.75, 3.05) is 22.7 Å². The summed E-state index contributed by atoms with van der Waals surface area (Å²) in [5.74, 6) is 0. The van der Waals surface area contributed by atoms with E-state index in [2.05, 4.69) is 15.4 Å². The van der Waals surface area contributed by atoms with Gasteiger partial charge in [-0.25, -0.2) is 8.42 Å². The number of nitrogens with one attached hydrogen (secondary N) is 1. The molecule has 7 nitrogen and oxygen atoms in total. The van der Waals surface area contributed by atoms with Crippen molar-refractivity contribution in [2.45, 2.75) is 18.7 Å².